The smallest absolute Gasteiger partial charge is 0.445 e. The van der Waals surface area contributed by atoms with Gasteiger partial charge in [0.1, 0.15) is 0 Å². The third-order valence-corrected chi connectivity index (χ3v) is 2.24. The number of aldehydes is 1. The van der Waals surface area contributed by atoms with E-state index in [1.807, 2.05) is 0 Å². The standard InChI is InChI=1S/C9H6BF3NO.K/c11-10(12,13)7-1-2-9-8(3-7)6(5-15)4-14-9;/h1-5,14H;/q-1;+1. The van der Waals surface area contributed by atoms with Gasteiger partial charge in [0.05, 0.1) is 0 Å². The van der Waals surface area contributed by atoms with Gasteiger partial charge in [-0.1, -0.05) is 12.1 Å². The minimum absolute atomic E-state index is 0. The molecule has 0 aliphatic carbocycles. The van der Waals surface area contributed by atoms with Crippen LogP contribution < -0.4 is 56.8 Å². The fraction of sp³-hybridized carbons (Fsp3) is 0. The van der Waals surface area contributed by atoms with E-state index in [4.69, 9.17) is 0 Å². The van der Waals surface area contributed by atoms with Gasteiger partial charge in [-0.25, -0.2) is 0 Å². The normalized spacial score (nSPS) is 11.2. The zero-order valence-electron chi connectivity index (χ0n) is 8.51. The van der Waals surface area contributed by atoms with Crippen molar-refractivity contribution in [2.75, 3.05) is 0 Å². The predicted octanol–water partition coefficient (Wildman–Crippen LogP) is -0.961. The van der Waals surface area contributed by atoms with Gasteiger partial charge in [-0.3, -0.25) is 4.79 Å². The van der Waals surface area contributed by atoms with Gasteiger partial charge in [0.15, 0.2) is 6.29 Å². The molecule has 1 N–H and O–H groups in total. The molecule has 2 rings (SSSR count). The molecule has 0 aliphatic heterocycles. The van der Waals surface area contributed by atoms with E-state index in [0.717, 1.165) is 12.1 Å². The topological polar surface area (TPSA) is 32.9 Å². The van der Waals surface area contributed by atoms with E-state index in [-0.39, 0.29) is 56.9 Å². The molecule has 2 nitrogen and oxygen atoms in total. The molecule has 1 aromatic carbocycles. The maximum atomic E-state index is 12.4. The van der Waals surface area contributed by atoms with Crippen LogP contribution in [0.1, 0.15) is 10.4 Å². The quantitative estimate of drug-likeness (QED) is 0.541. The molecule has 0 amide bonds. The van der Waals surface area contributed by atoms with Crippen LogP contribution in [0.4, 0.5) is 12.9 Å². The van der Waals surface area contributed by atoms with Crippen LogP contribution in [0.15, 0.2) is 24.4 Å². The first-order valence-corrected chi connectivity index (χ1v) is 4.28. The van der Waals surface area contributed by atoms with Crippen molar-refractivity contribution in [3.8, 4) is 0 Å². The molecule has 16 heavy (non-hydrogen) atoms. The maximum absolute atomic E-state index is 12.4. The summed E-state index contributed by atoms with van der Waals surface area (Å²) in [6.45, 7) is -5.02. The Kier molecular flexibility index (Phi) is 4.42. The summed E-state index contributed by atoms with van der Waals surface area (Å²) in [5.41, 5.74) is 0.0815. The van der Waals surface area contributed by atoms with Crippen molar-refractivity contribution < 1.29 is 69.1 Å². The Labute approximate surface area is 132 Å². The van der Waals surface area contributed by atoms with Crippen molar-refractivity contribution in [3.05, 3.63) is 30.0 Å². The number of H-pyrrole nitrogens is 1. The van der Waals surface area contributed by atoms with Crippen LogP contribution in [0.3, 0.4) is 0 Å². The number of benzene rings is 1. The molecule has 0 aliphatic rings. The summed E-state index contributed by atoms with van der Waals surface area (Å²) in [7, 11) is 0. The Bertz CT molecular complexity index is 523. The summed E-state index contributed by atoms with van der Waals surface area (Å²) in [4.78, 5) is 13.3. The number of halogens is 3. The molecule has 0 spiro atoms. The largest absolute Gasteiger partial charge is 1.00 e. The number of hydrogen-bond donors (Lipinski definition) is 1. The van der Waals surface area contributed by atoms with Gasteiger partial charge in [0.2, 0.25) is 0 Å². The Morgan fingerprint density at radius 1 is 1.25 bits per heavy atom. The molecule has 0 saturated heterocycles. The van der Waals surface area contributed by atoms with E-state index in [9.17, 15) is 17.7 Å². The summed E-state index contributed by atoms with van der Waals surface area (Å²) in [6.07, 6.45) is 1.93. The van der Waals surface area contributed by atoms with E-state index in [2.05, 4.69) is 4.98 Å². The number of rotatable bonds is 2. The van der Waals surface area contributed by atoms with Gasteiger partial charge in [0, 0.05) is 22.7 Å². The van der Waals surface area contributed by atoms with Crippen molar-refractivity contribution in [1.82, 2.24) is 4.98 Å². The number of fused-ring (bicyclic) bond motifs is 1. The summed E-state index contributed by atoms with van der Waals surface area (Å²) >= 11 is 0. The molecule has 2 aromatic rings. The van der Waals surface area contributed by atoms with Crippen LogP contribution in [0.2, 0.25) is 0 Å². The summed E-state index contributed by atoms with van der Waals surface area (Å²) in [5, 5.41) is 0.307. The number of carbonyl (C=O) groups is 1. The average Bonchev–Trinajstić information content (AvgIpc) is 2.57. The van der Waals surface area contributed by atoms with Crippen molar-refractivity contribution in [3.63, 3.8) is 0 Å². The molecule has 0 radical (unpaired) electrons. The van der Waals surface area contributed by atoms with Crippen LogP contribution >= 0.6 is 0 Å². The van der Waals surface area contributed by atoms with E-state index >= 15 is 0 Å². The first kappa shape index (κ1) is 14.0. The number of aromatic nitrogens is 1. The second kappa shape index (κ2) is 5.05. The van der Waals surface area contributed by atoms with E-state index in [0.29, 0.717) is 17.2 Å². The molecule has 0 atom stereocenters. The predicted molar refractivity (Wildman–Crippen MR) is 52.4 cm³/mol. The molecule has 1 heterocycles. The molecule has 78 valence electrons. The van der Waals surface area contributed by atoms with Gasteiger partial charge < -0.3 is 17.9 Å². The third kappa shape index (κ3) is 2.60. The molecular weight excluding hydrogens is 245 g/mol. The number of carbonyl (C=O) groups excluding carboxylic acids is 1. The monoisotopic (exact) mass is 251 g/mol. The Morgan fingerprint density at radius 2 is 1.94 bits per heavy atom. The van der Waals surface area contributed by atoms with Gasteiger partial charge in [-0.15, -0.1) is 5.46 Å². The second-order valence-corrected chi connectivity index (χ2v) is 3.24. The van der Waals surface area contributed by atoms with Gasteiger partial charge in [-0.2, -0.15) is 0 Å². The molecule has 0 unspecified atom stereocenters. The first-order chi connectivity index (χ1) is 7.02. The van der Waals surface area contributed by atoms with E-state index in [1.54, 1.807) is 0 Å². The number of aromatic amines is 1. The second-order valence-electron chi connectivity index (χ2n) is 3.24. The minimum atomic E-state index is -5.02. The van der Waals surface area contributed by atoms with Gasteiger partial charge >= 0.3 is 58.4 Å². The fourth-order valence-electron chi connectivity index (χ4n) is 1.46. The van der Waals surface area contributed by atoms with Crippen LogP contribution in [0.5, 0.6) is 0 Å². The molecule has 0 bridgehead atoms. The van der Waals surface area contributed by atoms with Crippen molar-refractivity contribution in [2.24, 2.45) is 0 Å². The minimum Gasteiger partial charge on any atom is -0.445 e. The molecule has 0 fully saturated rings. The summed E-state index contributed by atoms with van der Waals surface area (Å²) in [6, 6.07) is 3.33. The van der Waals surface area contributed by atoms with Crippen molar-refractivity contribution >= 4 is 29.6 Å². The van der Waals surface area contributed by atoms with Crippen molar-refractivity contribution in [1.29, 1.82) is 0 Å². The Balaban J connectivity index is 0.00000128. The third-order valence-electron chi connectivity index (χ3n) is 2.24. The Morgan fingerprint density at radius 3 is 2.50 bits per heavy atom. The number of nitrogens with one attached hydrogen (secondary N) is 1. The van der Waals surface area contributed by atoms with Crippen LogP contribution in [0, 0.1) is 0 Å². The summed E-state index contributed by atoms with van der Waals surface area (Å²) in [5.74, 6) is 0. The van der Waals surface area contributed by atoms with Crippen LogP contribution in [-0.4, -0.2) is 18.2 Å². The van der Waals surface area contributed by atoms with Crippen LogP contribution in [-0.2, 0) is 0 Å². The SMILES string of the molecule is O=Cc1c[nH]c2ccc([B-](F)(F)F)cc12.[K+]. The molecular formula is C9H6BF3KNO. The van der Waals surface area contributed by atoms with E-state index in [1.165, 1.54) is 12.3 Å². The maximum Gasteiger partial charge on any atom is 1.00 e. The van der Waals surface area contributed by atoms with E-state index < -0.39 is 12.4 Å². The zero-order chi connectivity index (χ0) is 11.1. The average molecular weight is 251 g/mol. The van der Waals surface area contributed by atoms with Crippen LogP contribution in [0.25, 0.3) is 10.9 Å². The number of hydrogen-bond acceptors (Lipinski definition) is 1. The van der Waals surface area contributed by atoms with Gasteiger partial charge in [-0.05, 0) is 6.07 Å². The Hall–Kier alpha value is -0.0787. The first-order valence-electron chi connectivity index (χ1n) is 4.28. The van der Waals surface area contributed by atoms with Crippen molar-refractivity contribution in [2.45, 2.75) is 0 Å². The molecule has 7 heteroatoms. The zero-order valence-corrected chi connectivity index (χ0v) is 11.6. The summed E-state index contributed by atoms with van der Waals surface area (Å²) < 4.78 is 37.3. The molecule has 1 aromatic heterocycles. The van der Waals surface area contributed by atoms with Gasteiger partial charge in [0.25, 0.3) is 0 Å². The fourth-order valence-corrected chi connectivity index (χ4v) is 1.46. The molecule has 0 saturated carbocycles.